The molecule has 0 spiro atoms. The predicted octanol–water partition coefficient (Wildman–Crippen LogP) is 3.76. The van der Waals surface area contributed by atoms with Gasteiger partial charge in [-0.25, -0.2) is 9.18 Å². The Bertz CT molecular complexity index is 867. The van der Waals surface area contributed by atoms with Crippen LogP contribution in [0, 0.1) is 5.82 Å². The lowest BCUT2D eigenvalue weighted by Crippen LogP contribution is -2.30. The van der Waals surface area contributed by atoms with Crippen LogP contribution in [-0.2, 0) is 9.53 Å². The third-order valence-corrected chi connectivity index (χ3v) is 4.19. The molecule has 2 rings (SSSR count). The van der Waals surface area contributed by atoms with Crippen LogP contribution < -0.4 is 5.32 Å². The van der Waals surface area contributed by atoms with Gasteiger partial charge < -0.3 is 15.0 Å². The Hall–Kier alpha value is -2.93. The average molecular weight is 407 g/mol. The number of halogens is 2. The molecule has 0 heterocycles. The lowest BCUT2D eigenvalue weighted by Gasteiger charge is -2.18. The van der Waals surface area contributed by atoms with Gasteiger partial charge in [-0.05, 0) is 56.3 Å². The molecule has 0 bridgehead atoms. The summed E-state index contributed by atoms with van der Waals surface area (Å²) in [6.07, 6.45) is 0. The van der Waals surface area contributed by atoms with Gasteiger partial charge in [0.05, 0.1) is 5.56 Å². The Kier molecular flexibility index (Phi) is 7.52. The first-order valence-corrected chi connectivity index (χ1v) is 9.04. The van der Waals surface area contributed by atoms with E-state index in [9.17, 15) is 18.8 Å². The van der Waals surface area contributed by atoms with Gasteiger partial charge in [-0.2, -0.15) is 0 Å². The van der Waals surface area contributed by atoms with E-state index in [1.165, 1.54) is 12.1 Å². The van der Waals surface area contributed by atoms with Crippen molar-refractivity contribution in [2.45, 2.75) is 13.8 Å². The number of anilines is 1. The van der Waals surface area contributed by atoms with Crippen molar-refractivity contribution in [3.05, 3.63) is 64.4 Å². The molecule has 8 heteroatoms. The quantitative estimate of drug-likeness (QED) is 0.710. The maximum Gasteiger partial charge on any atom is 0.341 e. The third kappa shape index (κ3) is 5.53. The topological polar surface area (TPSA) is 75.7 Å². The van der Waals surface area contributed by atoms with Crippen molar-refractivity contribution in [2.75, 3.05) is 25.0 Å². The maximum absolute atomic E-state index is 13.7. The molecule has 0 saturated carbocycles. The largest absolute Gasteiger partial charge is 0.452 e. The Labute approximate surface area is 167 Å². The third-order valence-electron chi connectivity index (χ3n) is 3.95. The van der Waals surface area contributed by atoms with Crippen LogP contribution in [0.4, 0.5) is 10.1 Å². The highest BCUT2D eigenvalue weighted by Crippen LogP contribution is 2.16. The van der Waals surface area contributed by atoms with Crippen molar-refractivity contribution in [2.24, 2.45) is 0 Å². The summed E-state index contributed by atoms with van der Waals surface area (Å²) in [7, 11) is 0. The molecule has 0 radical (unpaired) electrons. The monoisotopic (exact) mass is 406 g/mol. The Morgan fingerprint density at radius 3 is 2.29 bits per heavy atom. The number of carbonyl (C=O) groups excluding carboxylic acids is 3. The Morgan fingerprint density at radius 2 is 1.71 bits per heavy atom. The number of ether oxygens (including phenoxy) is 1. The zero-order chi connectivity index (χ0) is 20.7. The zero-order valence-electron chi connectivity index (χ0n) is 15.5. The van der Waals surface area contributed by atoms with Crippen LogP contribution in [0.15, 0.2) is 42.5 Å². The average Bonchev–Trinajstić information content (AvgIpc) is 2.67. The van der Waals surface area contributed by atoms with Gasteiger partial charge in [-0.15, -0.1) is 0 Å². The van der Waals surface area contributed by atoms with Crippen molar-refractivity contribution in [3.8, 4) is 0 Å². The summed E-state index contributed by atoms with van der Waals surface area (Å²) in [5, 5.41) is 2.69. The van der Waals surface area contributed by atoms with Gasteiger partial charge in [0.1, 0.15) is 5.82 Å². The molecule has 0 unspecified atom stereocenters. The summed E-state index contributed by atoms with van der Waals surface area (Å²) in [5.41, 5.74) is 0.637. The molecule has 0 fully saturated rings. The summed E-state index contributed by atoms with van der Waals surface area (Å²) in [6.45, 7) is 4.42. The van der Waals surface area contributed by atoms with Crippen LogP contribution in [0.1, 0.15) is 34.6 Å². The molecule has 1 N–H and O–H groups in total. The van der Waals surface area contributed by atoms with E-state index in [0.29, 0.717) is 24.3 Å². The highest BCUT2D eigenvalue weighted by Gasteiger charge is 2.16. The molecule has 0 saturated heterocycles. The minimum Gasteiger partial charge on any atom is -0.452 e. The first-order chi connectivity index (χ1) is 13.3. The predicted molar refractivity (Wildman–Crippen MR) is 104 cm³/mol. The van der Waals surface area contributed by atoms with E-state index in [0.717, 1.165) is 6.07 Å². The minimum absolute atomic E-state index is 0.0956. The summed E-state index contributed by atoms with van der Waals surface area (Å²) in [5.74, 6) is -2.48. The molecule has 28 heavy (non-hydrogen) atoms. The molecule has 148 valence electrons. The number of hydrogen-bond acceptors (Lipinski definition) is 4. The van der Waals surface area contributed by atoms with E-state index in [4.69, 9.17) is 16.3 Å². The number of benzene rings is 2. The lowest BCUT2D eigenvalue weighted by atomic mass is 10.2. The van der Waals surface area contributed by atoms with E-state index in [-0.39, 0.29) is 16.5 Å². The van der Waals surface area contributed by atoms with E-state index in [2.05, 4.69) is 5.32 Å². The molecule has 2 amide bonds. The highest BCUT2D eigenvalue weighted by molar-refractivity contribution is 6.30. The van der Waals surface area contributed by atoms with Crippen molar-refractivity contribution in [3.63, 3.8) is 0 Å². The number of esters is 1. The fourth-order valence-electron chi connectivity index (χ4n) is 2.45. The van der Waals surface area contributed by atoms with E-state index >= 15 is 0 Å². The van der Waals surface area contributed by atoms with Gasteiger partial charge in [0.15, 0.2) is 6.61 Å². The lowest BCUT2D eigenvalue weighted by molar-refractivity contribution is -0.119. The number of hydrogen-bond donors (Lipinski definition) is 1. The molecule has 6 nitrogen and oxygen atoms in total. The fraction of sp³-hybridized carbons (Fsp3) is 0.250. The van der Waals surface area contributed by atoms with E-state index < -0.39 is 24.3 Å². The molecular weight excluding hydrogens is 387 g/mol. The second-order valence-corrected chi connectivity index (χ2v) is 6.24. The number of amides is 2. The SMILES string of the molecule is CCN(CC)C(=O)c1ccc(NC(=O)COC(=O)c2ccc(Cl)cc2F)cc1. The summed E-state index contributed by atoms with van der Waals surface area (Å²) in [4.78, 5) is 37.7. The van der Waals surface area contributed by atoms with Crippen LogP contribution in [-0.4, -0.2) is 42.4 Å². The maximum atomic E-state index is 13.7. The smallest absolute Gasteiger partial charge is 0.341 e. The van der Waals surface area contributed by atoms with Crippen LogP contribution in [0.2, 0.25) is 5.02 Å². The van der Waals surface area contributed by atoms with Crippen molar-refractivity contribution in [1.82, 2.24) is 4.90 Å². The highest BCUT2D eigenvalue weighted by atomic mass is 35.5. The standard InChI is InChI=1S/C20H20ClFN2O4/c1-3-24(4-2)19(26)13-5-8-15(9-6-13)23-18(25)12-28-20(27)16-10-7-14(21)11-17(16)22/h5-11H,3-4,12H2,1-2H3,(H,23,25). The molecule has 2 aromatic rings. The molecule has 0 aliphatic rings. The second kappa shape index (κ2) is 9.85. The minimum atomic E-state index is -0.968. The van der Waals surface area contributed by atoms with Gasteiger partial charge in [0.25, 0.3) is 11.8 Å². The van der Waals surface area contributed by atoms with Crippen LogP contribution in [0.3, 0.4) is 0 Å². The Balaban J connectivity index is 1.91. The molecule has 0 aromatic heterocycles. The van der Waals surface area contributed by atoms with Gasteiger partial charge in [-0.3, -0.25) is 9.59 Å². The van der Waals surface area contributed by atoms with Crippen molar-refractivity contribution in [1.29, 1.82) is 0 Å². The first kappa shape index (κ1) is 21.4. The van der Waals surface area contributed by atoms with Gasteiger partial charge in [0, 0.05) is 29.4 Å². The summed E-state index contributed by atoms with van der Waals surface area (Å²) >= 11 is 5.62. The fourth-order valence-corrected chi connectivity index (χ4v) is 2.61. The van der Waals surface area contributed by atoms with Crippen LogP contribution >= 0.6 is 11.6 Å². The van der Waals surface area contributed by atoms with Crippen molar-refractivity contribution < 1.29 is 23.5 Å². The van der Waals surface area contributed by atoms with Gasteiger partial charge >= 0.3 is 5.97 Å². The number of nitrogens with zero attached hydrogens (tertiary/aromatic N) is 1. The summed E-state index contributed by atoms with van der Waals surface area (Å²) in [6, 6.07) is 9.88. The number of rotatable bonds is 7. The molecule has 0 aliphatic heterocycles. The summed E-state index contributed by atoms with van der Waals surface area (Å²) < 4.78 is 18.5. The van der Waals surface area contributed by atoms with Gasteiger partial charge in [-0.1, -0.05) is 11.6 Å². The number of carbonyl (C=O) groups is 3. The van der Waals surface area contributed by atoms with E-state index in [1.54, 1.807) is 29.2 Å². The molecular formula is C20H20ClFN2O4. The Morgan fingerprint density at radius 1 is 1.07 bits per heavy atom. The van der Waals surface area contributed by atoms with E-state index in [1.807, 2.05) is 13.8 Å². The van der Waals surface area contributed by atoms with Crippen LogP contribution in [0.5, 0.6) is 0 Å². The molecule has 2 aromatic carbocycles. The zero-order valence-corrected chi connectivity index (χ0v) is 16.3. The normalized spacial score (nSPS) is 10.3. The van der Waals surface area contributed by atoms with Crippen molar-refractivity contribution >= 4 is 35.1 Å². The molecule has 0 atom stereocenters. The number of nitrogens with one attached hydrogen (secondary N) is 1. The van der Waals surface area contributed by atoms with Gasteiger partial charge in [0.2, 0.25) is 0 Å². The molecule has 0 aliphatic carbocycles. The second-order valence-electron chi connectivity index (χ2n) is 5.80. The van der Waals surface area contributed by atoms with Crippen LogP contribution in [0.25, 0.3) is 0 Å². The first-order valence-electron chi connectivity index (χ1n) is 8.67.